The number of rotatable bonds is 14. The maximum absolute atomic E-state index is 11.6. The Morgan fingerprint density at radius 3 is 2.18 bits per heavy atom. The largest absolute Gasteiger partial charge is 0.394 e. The van der Waals surface area contributed by atoms with Gasteiger partial charge in [-0.3, -0.25) is 9.11 Å². The van der Waals surface area contributed by atoms with Crippen LogP contribution >= 0.6 is 0 Å². The second-order valence-electron chi connectivity index (χ2n) is 6.34. The van der Waals surface area contributed by atoms with Crippen molar-refractivity contribution < 1.29 is 35.8 Å². The van der Waals surface area contributed by atoms with Crippen LogP contribution in [0.4, 0.5) is 23.5 Å². The predicted molar refractivity (Wildman–Crippen MR) is 121 cm³/mol. The molecule has 0 aliphatic heterocycles. The van der Waals surface area contributed by atoms with Crippen molar-refractivity contribution in [1.82, 2.24) is 15.0 Å². The zero-order chi connectivity index (χ0) is 24.5. The number of benzene rings is 1. The first-order valence-electron chi connectivity index (χ1n) is 9.40. The van der Waals surface area contributed by atoms with E-state index in [0.717, 1.165) is 6.07 Å². The van der Waals surface area contributed by atoms with Crippen LogP contribution in [0.5, 0.6) is 0 Å². The van der Waals surface area contributed by atoms with Gasteiger partial charge in [-0.1, -0.05) is 18.7 Å². The number of aliphatic hydroxyl groups is 1. The summed E-state index contributed by atoms with van der Waals surface area (Å²) in [5.41, 5.74) is 0.414. The van der Waals surface area contributed by atoms with E-state index < -0.39 is 26.0 Å². The topological polar surface area (TPSA) is 213 Å². The fraction of sp³-hybridized carbons (Fsp3) is 0.353. The van der Waals surface area contributed by atoms with Crippen molar-refractivity contribution in [2.45, 2.75) is 4.90 Å². The molecule has 1 aromatic carbocycles. The van der Waals surface area contributed by atoms with E-state index in [9.17, 15) is 21.4 Å². The van der Waals surface area contributed by atoms with Crippen molar-refractivity contribution in [3.8, 4) is 0 Å². The van der Waals surface area contributed by atoms with Gasteiger partial charge in [0.15, 0.2) is 0 Å². The molecule has 0 spiro atoms. The van der Waals surface area contributed by atoms with Gasteiger partial charge < -0.3 is 25.8 Å². The second kappa shape index (κ2) is 11.8. The van der Waals surface area contributed by atoms with Crippen LogP contribution in [0.25, 0.3) is 6.08 Å². The number of ether oxygens (including phenoxy) is 1. The molecule has 0 fully saturated rings. The van der Waals surface area contributed by atoms with Crippen molar-refractivity contribution in [3.05, 3.63) is 30.3 Å². The Labute approximate surface area is 190 Å². The summed E-state index contributed by atoms with van der Waals surface area (Å²) >= 11 is 0. The third kappa shape index (κ3) is 9.24. The molecule has 16 heteroatoms. The zero-order valence-electron chi connectivity index (χ0n) is 17.3. The number of anilines is 4. The molecule has 0 bridgehead atoms. The van der Waals surface area contributed by atoms with E-state index in [2.05, 4.69) is 37.5 Å². The molecule has 6 N–H and O–H groups in total. The smallest absolute Gasteiger partial charge is 0.295 e. The van der Waals surface area contributed by atoms with Crippen LogP contribution in [-0.2, 0) is 25.0 Å². The lowest BCUT2D eigenvalue weighted by Crippen LogP contribution is -2.18. The molecular weight excluding hydrogens is 480 g/mol. The van der Waals surface area contributed by atoms with Gasteiger partial charge in [0, 0.05) is 18.8 Å². The third-order valence-electron chi connectivity index (χ3n) is 3.81. The highest BCUT2D eigenvalue weighted by molar-refractivity contribution is 7.86. The van der Waals surface area contributed by atoms with E-state index in [4.69, 9.17) is 14.4 Å². The lowest BCUT2D eigenvalue weighted by Gasteiger charge is -2.12. The summed E-state index contributed by atoms with van der Waals surface area (Å²) in [6.07, 6.45) is 1.27. The molecule has 0 aliphatic rings. The summed E-state index contributed by atoms with van der Waals surface area (Å²) in [6, 6.07) is 4.09. The molecule has 0 aliphatic carbocycles. The maximum Gasteiger partial charge on any atom is 0.295 e. The van der Waals surface area contributed by atoms with Crippen LogP contribution in [0, 0.1) is 0 Å². The Bertz CT molecular complexity index is 1170. The molecular formula is C17H24N6O8S2. The van der Waals surface area contributed by atoms with E-state index >= 15 is 0 Å². The molecule has 182 valence electrons. The predicted octanol–water partition coefficient (Wildman–Crippen LogP) is 0.225. The number of aromatic nitrogens is 3. The Kier molecular flexibility index (Phi) is 9.44. The van der Waals surface area contributed by atoms with Gasteiger partial charge >= 0.3 is 0 Å². The lowest BCUT2D eigenvalue weighted by atomic mass is 10.2. The maximum atomic E-state index is 11.6. The van der Waals surface area contributed by atoms with Gasteiger partial charge in [-0.15, -0.1) is 0 Å². The van der Waals surface area contributed by atoms with Gasteiger partial charge in [-0.25, -0.2) is 0 Å². The van der Waals surface area contributed by atoms with Crippen molar-refractivity contribution in [3.63, 3.8) is 0 Å². The second-order valence-corrected chi connectivity index (χ2v) is 9.30. The Morgan fingerprint density at radius 2 is 1.61 bits per heavy atom. The average Bonchev–Trinajstić information content (AvgIpc) is 2.72. The Morgan fingerprint density at radius 1 is 0.970 bits per heavy atom. The first-order chi connectivity index (χ1) is 15.5. The van der Waals surface area contributed by atoms with Gasteiger partial charge in [-0.2, -0.15) is 31.8 Å². The number of hydrogen-bond donors (Lipinski definition) is 6. The normalized spacial score (nSPS) is 11.7. The molecule has 1 aromatic heterocycles. The van der Waals surface area contributed by atoms with Gasteiger partial charge in [0.25, 0.3) is 20.2 Å². The molecule has 0 atom stereocenters. The van der Waals surface area contributed by atoms with Crippen molar-refractivity contribution in [1.29, 1.82) is 0 Å². The number of hydrogen-bond acceptors (Lipinski definition) is 12. The van der Waals surface area contributed by atoms with Crippen LogP contribution in [0.2, 0.25) is 0 Å². The SMILES string of the molecule is C=Cc1ccc(Nc2nc(NCCOCCO)nc(NCCS(=O)(=O)O)n2)cc1S(=O)(=O)O. The van der Waals surface area contributed by atoms with Crippen LogP contribution in [0.1, 0.15) is 5.56 Å². The highest BCUT2D eigenvalue weighted by Crippen LogP contribution is 2.24. The molecule has 0 radical (unpaired) electrons. The third-order valence-corrected chi connectivity index (χ3v) is 5.44. The summed E-state index contributed by atoms with van der Waals surface area (Å²) in [5.74, 6) is -0.578. The van der Waals surface area contributed by atoms with E-state index in [1.165, 1.54) is 18.2 Å². The van der Waals surface area contributed by atoms with Crippen LogP contribution < -0.4 is 16.0 Å². The van der Waals surface area contributed by atoms with Crippen LogP contribution in [0.15, 0.2) is 29.7 Å². The van der Waals surface area contributed by atoms with E-state index in [1.807, 2.05) is 0 Å². The van der Waals surface area contributed by atoms with Crippen molar-refractivity contribution in [2.75, 3.05) is 54.6 Å². The standard InChI is InChI=1S/C17H24N6O8S2/c1-2-12-3-4-13(11-14(12)33(28,29)30)20-17-22-15(18-5-8-31-9-7-24)21-16(23-17)19-6-10-32(25,26)27/h2-4,11,24H,1,5-10H2,(H,25,26,27)(H,28,29,30)(H3,18,19,20,21,22,23). The van der Waals surface area contributed by atoms with Gasteiger partial charge in [-0.05, 0) is 17.7 Å². The average molecular weight is 505 g/mol. The summed E-state index contributed by atoms with van der Waals surface area (Å²) in [7, 11) is -8.73. The Balaban J connectivity index is 2.27. The molecule has 2 rings (SSSR count). The zero-order valence-corrected chi connectivity index (χ0v) is 18.9. The summed E-state index contributed by atoms with van der Waals surface area (Å²) in [5, 5.41) is 17.0. The minimum Gasteiger partial charge on any atom is -0.394 e. The molecule has 14 nitrogen and oxygen atoms in total. The summed E-state index contributed by atoms with van der Waals surface area (Å²) in [6.45, 7) is 3.85. The Hall–Kier alpha value is -2.89. The quantitative estimate of drug-likeness (QED) is 0.150. The minimum absolute atomic E-state index is 0.0346. The highest BCUT2D eigenvalue weighted by Gasteiger charge is 2.16. The first kappa shape index (κ1) is 26.4. The van der Waals surface area contributed by atoms with E-state index in [-0.39, 0.29) is 66.9 Å². The molecule has 2 aromatic rings. The fourth-order valence-corrected chi connectivity index (χ4v) is 3.50. The lowest BCUT2D eigenvalue weighted by molar-refractivity contribution is 0.0991. The van der Waals surface area contributed by atoms with Gasteiger partial charge in [0.1, 0.15) is 4.90 Å². The molecule has 0 amide bonds. The van der Waals surface area contributed by atoms with Crippen molar-refractivity contribution >= 4 is 49.8 Å². The summed E-state index contributed by atoms with van der Waals surface area (Å²) in [4.78, 5) is 11.9. The van der Waals surface area contributed by atoms with Gasteiger partial charge in [0.2, 0.25) is 17.8 Å². The summed E-state index contributed by atoms with van der Waals surface area (Å²) < 4.78 is 68.6. The molecule has 0 saturated carbocycles. The van der Waals surface area contributed by atoms with Crippen LogP contribution in [-0.4, -0.2) is 84.7 Å². The first-order valence-corrected chi connectivity index (χ1v) is 12.5. The van der Waals surface area contributed by atoms with Crippen molar-refractivity contribution in [2.24, 2.45) is 0 Å². The fourth-order valence-electron chi connectivity index (χ4n) is 2.42. The highest BCUT2D eigenvalue weighted by atomic mass is 32.2. The monoisotopic (exact) mass is 504 g/mol. The number of aliphatic hydroxyl groups excluding tert-OH is 1. The van der Waals surface area contributed by atoms with E-state index in [1.54, 1.807) is 0 Å². The minimum atomic E-state index is -4.52. The molecule has 33 heavy (non-hydrogen) atoms. The van der Waals surface area contributed by atoms with Gasteiger partial charge in [0.05, 0.1) is 25.6 Å². The molecule has 0 saturated heterocycles. The number of nitrogens with zero attached hydrogens (tertiary/aromatic N) is 3. The van der Waals surface area contributed by atoms with Crippen LogP contribution in [0.3, 0.4) is 0 Å². The molecule has 0 unspecified atom stereocenters. The number of nitrogens with one attached hydrogen (secondary N) is 3. The molecule has 1 heterocycles. The van der Waals surface area contributed by atoms with E-state index in [0.29, 0.717) is 0 Å².